The van der Waals surface area contributed by atoms with Crippen LogP contribution in [-0.2, 0) is 11.2 Å². The van der Waals surface area contributed by atoms with E-state index in [1.165, 1.54) is 0 Å². The van der Waals surface area contributed by atoms with Crippen LogP contribution in [0.3, 0.4) is 0 Å². The summed E-state index contributed by atoms with van der Waals surface area (Å²) in [6, 6.07) is 11.1. The Morgan fingerprint density at radius 3 is 2.23 bits per heavy atom. The zero-order chi connectivity index (χ0) is 18.9. The van der Waals surface area contributed by atoms with Crippen LogP contribution < -0.4 is 24.3 Å². The molecule has 0 saturated heterocycles. The first-order valence-electron chi connectivity index (χ1n) is 8.32. The van der Waals surface area contributed by atoms with Gasteiger partial charge in [0.2, 0.25) is 5.91 Å². The van der Waals surface area contributed by atoms with Crippen LogP contribution >= 0.6 is 0 Å². The summed E-state index contributed by atoms with van der Waals surface area (Å²) in [5.74, 6) is 2.50. The third-order valence-corrected chi connectivity index (χ3v) is 3.81. The minimum Gasteiger partial charge on any atom is -0.493 e. The molecule has 1 N–H and O–H groups in total. The van der Waals surface area contributed by atoms with Gasteiger partial charge in [0, 0.05) is 0 Å². The maximum absolute atomic E-state index is 12.1. The topological polar surface area (TPSA) is 66.0 Å². The monoisotopic (exact) mass is 359 g/mol. The molecule has 2 aromatic rings. The van der Waals surface area contributed by atoms with E-state index in [9.17, 15) is 4.79 Å². The number of methoxy groups -OCH3 is 3. The number of amides is 1. The van der Waals surface area contributed by atoms with Gasteiger partial charge in [-0.05, 0) is 42.3 Å². The normalized spacial score (nSPS) is 10.2. The minimum atomic E-state index is -0.0864. The van der Waals surface area contributed by atoms with E-state index in [2.05, 4.69) is 5.32 Å². The highest BCUT2D eigenvalue weighted by Crippen LogP contribution is 2.28. The first-order valence-corrected chi connectivity index (χ1v) is 8.32. The fraction of sp³-hybridized carbons (Fsp3) is 0.350. The standard InChI is InChI=1S/C20H25NO5/c1-14-5-7-17(18(11-14)24-3)26-10-9-21-20(22)13-15-6-8-16(23-2)19(12-15)25-4/h5-8,11-12H,9-10,13H2,1-4H3,(H,21,22). The van der Waals surface area contributed by atoms with Crippen LogP contribution in [-0.4, -0.2) is 40.4 Å². The van der Waals surface area contributed by atoms with E-state index in [1.54, 1.807) is 33.5 Å². The molecule has 6 nitrogen and oxygen atoms in total. The van der Waals surface area contributed by atoms with Crippen molar-refractivity contribution in [3.05, 3.63) is 47.5 Å². The number of nitrogens with one attached hydrogen (secondary N) is 1. The molecule has 26 heavy (non-hydrogen) atoms. The zero-order valence-electron chi connectivity index (χ0n) is 15.6. The summed E-state index contributed by atoms with van der Waals surface area (Å²) in [7, 11) is 4.75. The second kappa shape index (κ2) is 9.56. The molecule has 0 spiro atoms. The van der Waals surface area contributed by atoms with Gasteiger partial charge in [-0.3, -0.25) is 4.79 Å². The molecule has 0 aromatic heterocycles. The van der Waals surface area contributed by atoms with Gasteiger partial charge in [-0.1, -0.05) is 12.1 Å². The van der Waals surface area contributed by atoms with Gasteiger partial charge in [-0.15, -0.1) is 0 Å². The molecule has 140 valence electrons. The maximum Gasteiger partial charge on any atom is 0.224 e. The molecular weight excluding hydrogens is 334 g/mol. The second-order valence-electron chi connectivity index (χ2n) is 5.72. The first-order chi connectivity index (χ1) is 12.6. The summed E-state index contributed by atoms with van der Waals surface area (Å²) in [6.45, 7) is 2.75. The summed E-state index contributed by atoms with van der Waals surface area (Å²) < 4.78 is 21.4. The highest BCUT2D eigenvalue weighted by Gasteiger charge is 2.09. The van der Waals surface area contributed by atoms with Gasteiger partial charge >= 0.3 is 0 Å². The molecule has 2 rings (SSSR count). The van der Waals surface area contributed by atoms with E-state index in [-0.39, 0.29) is 12.3 Å². The fourth-order valence-corrected chi connectivity index (χ4v) is 2.48. The molecule has 0 aliphatic heterocycles. The SMILES string of the molecule is COc1ccc(CC(=O)NCCOc2ccc(C)cc2OC)cc1OC. The van der Waals surface area contributed by atoms with Crippen LogP contribution in [0.1, 0.15) is 11.1 Å². The lowest BCUT2D eigenvalue weighted by Gasteiger charge is -2.12. The van der Waals surface area contributed by atoms with Crippen molar-refractivity contribution in [3.63, 3.8) is 0 Å². The summed E-state index contributed by atoms with van der Waals surface area (Å²) in [5, 5.41) is 2.84. The number of ether oxygens (including phenoxy) is 4. The summed E-state index contributed by atoms with van der Waals surface area (Å²) in [4.78, 5) is 12.1. The Labute approximate surface area is 154 Å². The molecule has 1 amide bonds. The average Bonchev–Trinajstić information content (AvgIpc) is 2.65. The molecule has 0 unspecified atom stereocenters. The number of benzene rings is 2. The molecule has 0 bridgehead atoms. The van der Waals surface area contributed by atoms with Crippen molar-refractivity contribution in [2.75, 3.05) is 34.5 Å². The lowest BCUT2D eigenvalue weighted by molar-refractivity contribution is -0.120. The molecule has 0 fully saturated rings. The Hall–Kier alpha value is -2.89. The van der Waals surface area contributed by atoms with E-state index in [1.807, 2.05) is 31.2 Å². The molecule has 6 heteroatoms. The smallest absolute Gasteiger partial charge is 0.224 e. The predicted octanol–water partition coefficient (Wildman–Crippen LogP) is 2.76. The van der Waals surface area contributed by atoms with Crippen LogP contribution in [0.15, 0.2) is 36.4 Å². The second-order valence-corrected chi connectivity index (χ2v) is 5.72. The fourth-order valence-electron chi connectivity index (χ4n) is 2.48. The Morgan fingerprint density at radius 1 is 0.885 bits per heavy atom. The number of hydrogen-bond donors (Lipinski definition) is 1. The summed E-state index contributed by atoms with van der Waals surface area (Å²) in [6.07, 6.45) is 0.258. The van der Waals surface area contributed by atoms with Gasteiger partial charge in [-0.2, -0.15) is 0 Å². The average molecular weight is 359 g/mol. The Bertz CT molecular complexity index is 745. The van der Waals surface area contributed by atoms with Crippen molar-refractivity contribution >= 4 is 5.91 Å². The quantitative estimate of drug-likeness (QED) is 0.698. The summed E-state index contributed by atoms with van der Waals surface area (Å²) >= 11 is 0. The first kappa shape index (κ1) is 19.4. The van der Waals surface area contributed by atoms with Crippen LogP contribution in [0.5, 0.6) is 23.0 Å². The van der Waals surface area contributed by atoms with Gasteiger partial charge in [0.15, 0.2) is 23.0 Å². The van der Waals surface area contributed by atoms with Crippen molar-refractivity contribution < 1.29 is 23.7 Å². The largest absolute Gasteiger partial charge is 0.493 e. The van der Waals surface area contributed by atoms with Crippen LogP contribution in [0.25, 0.3) is 0 Å². The molecular formula is C20H25NO5. The molecule has 0 radical (unpaired) electrons. The van der Waals surface area contributed by atoms with Crippen LogP contribution in [0, 0.1) is 6.92 Å². The van der Waals surface area contributed by atoms with Gasteiger partial charge in [0.25, 0.3) is 0 Å². The summed E-state index contributed by atoms with van der Waals surface area (Å²) in [5.41, 5.74) is 1.94. The lowest BCUT2D eigenvalue weighted by atomic mass is 10.1. The van der Waals surface area contributed by atoms with E-state index in [0.29, 0.717) is 36.1 Å². The highest BCUT2D eigenvalue weighted by molar-refractivity contribution is 5.78. The predicted molar refractivity (Wildman–Crippen MR) is 99.5 cm³/mol. The van der Waals surface area contributed by atoms with Crippen LogP contribution in [0.4, 0.5) is 0 Å². The number of hydrogen-bond acceptors (Lipinski definition) is 5. The third-order valence-electron chi connectivity index (χ3n) is 3.81. The van der Waals surface area contributed by atoms with Gasteiger partial charge in [-0.25, -0.2) is 0 Å². The number of aryl methyl sites for hydroxylation is 1. The van der Waals surface area contributed by atoms with E-state index in [4.69, 9.17) is 18.9 Å². The molecule has 0 saturated carbocycles. The van der Waals surface area contributed by atoms with Crippen molar-refractivity contribution in [1.29, 1.82) is 0 Å². The highest BCUT2D eigenvalue weighted by atomic mass is 16.5. The number of rotatable bonds is 9. The van der Waals surface area contributed by atoms with Gasteiger partial charge in [0.05, 0.1) is 34.3 Å². The molecule has 2 aromatic carbocycles. The Morgan fingerprint density at radius 2 is 1.54 bits per heavy atom. The van der Waals surface area contributed by atoms with Crippen LogP contribution in [0.2, 0.25) is 0 Å². The number of carbonyl (C=O) groups excluding carboxylic acids is 1. The van der Waals surface area contributed by atoms with E-state index in [0.717, 1.165) is 11.1 Å². The van der Waals surface area contributed by atoms with Gasteiger partial charge < -0.3 is 24.3 Å². The molecule has 0 atom stereocenters. The van der Waals surface area contributed by atoms with E-state index >= 15 is 0 Å². The third kappa shape index (κ3) is 5.31. The minimum absolute atomic E-state index is 0.0864. The zero-order valence-corrected chi connectivity index (χ0v) is 15.6. The molecule has 0 heterocycles. The van der Waals surface area contributed by atoms with Gasteiger partial charge in [0.1, 0.15) is 6.61 Å². The molecule has 0 aliphatic rings. The van der Waals surface area contributed by atoms with Crippen molar-refractivity contribution in [3.8, 4) is 23.0 Å². The lowest BCUT2D eigenvalue weighted by Crippen LogP contribution is -2.29. The number of carbonyl (C=O) groups is 1. The van der Waals surface area contributed by atoms with Crippen molar-refractivity contribution in [1.82, 2.24) is 5.32 Å². The Kier molecular flexibility index (Phi) is 7.14. The molecule has 0 aliphatic carbocycles. The maximum atomic E-state index is 12.1. The Balaban J connectivity index is 1.81. The van der Waals surface area contributed by atoms with Crippen molar-refractivity contribution in [2.24, 2.45) is 0 Å². The van der Waals surface area contributed by atoms with Crippen molar-refractivity contribution in [2.45, 2.75) is 13.3 Å². The van der Waals surface area contributed by atoms with E-state index < -0.39 is 0 Å².